The Kier molecular flexibility index (Phi) is 6.99. The van der Waals surface area contributed by atoms with Gasteiger partial charge in [0.15, 0.2) is 6.61 Å². The highest BCUT2D eigenvalue weighted by molar-refractivity contribution is 7.89. The summed E-state index contributed by atoms with van der Waals surface area (Å²) in [6.07, 6.45) is 0. The van der Waals surface area contributed by atoms with E-state index in [1.54, 1.807) is 27.9 Å². The van der Waals surface area contributed by atoms with Crippen LogP contribution in [0.25, 0.3) is 0 Å². The maximum absolute atomic E-state index is 12.1. The highest BCUT2D eigenvalue weighted by atomic mass is 32.2. The van der Waals surface area contributed by atoms with E-state index in [1.165, 1.54) is 24.3 Å². The third kappa shape index (κ3) is 7.45. The average Bonchev–Trinajstić information content (AvgIpc) is 2.43. The van der Waals surface area contributed by atoms with Crippen LogP contribution >= 0.6 is 0 Å². The van der Waals surface area contributed by atoms with Crippen molar-refractivity contribution in [3.8, 4) is 5.75 Å². The normalized spacial score (nSPS) is 12.0. The second-order valence-electron chi connectivity index (χ2n) is 5.96. The van der Waals surface area contributed by atoms with Crippen molar-refractivity contribution in [3.63, 3.8) is 0 Å². The van der Waals surface area contributed by atoms with Gasteiger partial charge in [-0.15, -0.1) is 0 Å². The van der Waals surface area contributed by atoms with Gasteiger partial charge in [-0.1, -0.05) is 0 Å². The first-order chi connectivity index (χ1) is 10.6. The van der Waals surface area contributed by atoms with E-state index in [0.29, 0.717) is 18.9 Å². The van der Waals surface area contributed by atoms with E-state index in [9.17, 15) is 13.2 Å². The summed E-state index contributed by atoms with van der Waals surface area (Å²) in [7, 11) is -2.03. The Morgan fingerprint density at radius 3 is 2.30 bits per heavy atom. The van der Waals surface area contributed by atoms with Crippen molar-refractivity contribution < 1.29 is 22.7 Å². The molecule has 0 aromatic heterocycles. The predicted octanol–water partition coefficient (Wildman–Crippen LogP) is 0.905. The molecule has 0 atom stereocenters. The molecule has 23 heavy (non-hydrogen) atoms. The lowest BCUT2D eigenvalue weighted by molar-refractivity contribution is -0.123. The van der Waals surface area contributed by atoms with Crippen molar-refractivity contribution in [3.05, 3.63) is 24.3 Å². The van der Waals surface area contributed by atoms with Gasteiger partial charge in [0.25, 0.3) is 5.91 Å². The Morgan fingerprint density at radius 1 is 1.17 bits per heavy atom. The van der Waals surface area contributed by atoms with Crippen LogP contribution in [0.3, 0.4) is 0 Å². The van der Waals surface area contributed by atoms with E-state index >= 15 is 0 Å². The van der Waals surface area contributed by atoms with Crippen LogP contribution in [0.2, 0.25) is 0 Å². The molecular formula is C15H24N2O5S. The Labute approximate surface area is 137 Å². The second-order valence-corrected chi connectivity index (χ2v) is 7.64. The number of ether oxygens (including phenoxy) is 2. The molecule has 1 aromatic carbocycles. The van der Waals surface area contributed by atoms with Crippen LogP contribution in [-0.4, -0.2) is 46.7 Å². The number of sulfonamides is 1. The summed E-state index contributed by atoms with van der Waals surface area (Å²) < 4.78 is 37.0. The molecule has 7 nitrogen and oxygen atoms in total. The van der Waals surface area contributed by atoms with Crippen molar-refractivity contribution in [1.29, 1.82) is 0 Å². The Bertz CT molecular complexity index is 606. The van der Waals surface area contributed by atoms with Crippen molar-refractivity contribution in [2.24, 2.45) is 0 Å². The number of carbonyl (C=O) groups excluding carboxylic acids is 1. The van der Waals surface area contributed by atoms with E-state index in [1.807, 2.05) is 0 Å². The molecule has 2 N–H and O–H groups in total. The zero-order valence-corrected chi connectivity index (χ0v) is 14.7. The maximum atomic E-state index is 12.1. The van der Waals surface area contributed by atoms with Gasteiger partial charge in [0.2, 0.25) is 10.0 Å². The molecular weight excluding hydrogens is 320 g/mol. The first-order valence-electron chi connectivity index (χ1n) is 7.16. The minimum absolute atomic E-state index is 0.143. The van der Waals surface area contributed by atoms with Gasteiger partial charge in [0.05, 0.1) is 11.5 Å². The molecule has 8 heteroatoms. The zero-order valence-electron chi connectivity index (χ0n) is 13.9. The highest BCUT2D eigenvalue weighted by Gasteiger charge is 2.21. The molecule has 1 aromatic rings. The lowest BCUT2D eigenvalue weighted by atomic mass is 10.1. The molecule has 0 heterocycles. The molecule has 0 spiro atoms. The zero-order chi connectivity index (χ0) is 17.5. The topological polar surface area (TPSA) is 93.7 Å². The lowest BCUT2D eigenvalue weighted by Gasteiger charge is -2.20. The van der Waals surface area contributed by atoms with Gasteiger partial charge in [0, 0.05) is 19.2 Å². The smallest absolute Gasteiger partial charge is 0.258 e. The largest absolute Gasteiger partial charge is 0.484 e. The second kappa shape index (κ2) is 8.28. The van der Waals surface area contributed by atoms with E-state index in [2.05, 4.69) is 10.0 Å². The van der Waals surface area contributed by atoms with Gasteiger partial charge in [-0.05, 0) is 45.0 Å². The number of nitrogens with one attached hydrogen (secondary N) is 2. The van der Waals surface area contributed by atoms with E-state index in [-0.39, 0.29) is 17.4 Å². The van der Waals surface area contributed by atoms with E-state index < -0.39 is 15.6 Å². The van der Waals surface area contributed by atoms with Crippen LogP contribution in [-0.2, 0) is 19.6 Å². The van der Waals surface area contributed by atoms with Crippen molar-refractivity contribution in [1.82, 2.24) is 10.0 Å². The fraction of sp³-hybridized carbons (Fsp3) is 0.533. The Balaban J connectivity index is 2.58. The lowest BCUT2D eigenvalue weighted by Crippen LogP contribution is -2.40. The van der Waals surface area contributed by atoms with Crippen LogP contribution in [0.1, 0.15) is 20.8 Å². The monoisotopic (exact) mass is 344 g/mol. The molecule has 0 aliphatic carbocycles. The average molecular weight is 344 g/mol. The summed E-state index contributed by atoms with van der Waals surface area (Å²) in [5.74, 6) is 0.148. The van der Waals surface area contributed by atoms with Crippen LogP contribution in [0.5, 0.6) is 5.75 Å². The van der Waals surface area contributed by atoms with E-state index in [4.69, 9.17) is 9.47 Å². The van der Waals surface area contributed by atoms with Gasteiger partial charge in [-0.25, -0.2) is 13.1 Å². The molecule has 130 valence electrons. The van der Waals surface area contributed by atoms with Gasteiger partial charge in [0.1, 0.15) is 5.75 Å². The van der Waals surface area contributed by atoms with Crippen LogP contribution in [0.15, 0.2) is 29.2 Å². The van der Waals surface area contributed by atoms with Gasteiger partial charge in [-0.2, -0.15) is 0 Å². The van der Waals surface area contributed by atoms with Crippen molar-refractivity contribution >= 4 is 15.9 Å². The highest BCUT2D eigenvalue weighted by Crippen LogP contribution is 2.17. The summed E-state index contributed by atoms with van der Waals surface area (Å²) in [6, 6.07) is 5.90. The fourth-order valence-electron chi connectivity index (χ4n) is 1.67. The minimum atomic E-state index is -3.58. The Morgan fingerprint density at radius 2 is 1.78 bits per heavy atom. The van der Waals surface area contributed by atoms with Crippen molar-refractivity contribution in [2.75, 3.05) is 26.9 Å². The molecule has 0 bridgehead atoms. The number of rotatable bonds is 8. The summed E-state index contributed by atoms with van der Waals surface area (Å²) in [5.41, 5.74) is -0.561. The molecule has 0 saturated carbocycles. The minimum Gasteiger partial charge on any atom is -0.484 e. The number of hydrogen-bond donors (Lipinski definition) is 2. The summed E-state index contributed by atoms with van der Waals surface area (Å²) in [4.78, 5) is 11.6. The summed E-state index contributed by atoms with van der Waals surface area (Å²) in [6.45, 7) is 6.00. The summed E-state index contributed by atoms with van der Waals surface area (Å²) in [5, 5.41) is 2.62. The molecule has 0 saturated heterocycles. The SMILES string of the molecule is COCCNC(=O)COc1ccc(S(=O)(=O)NC(C)(C)C)cc1. The number of methoxy groups -OCH3 is 1. The quantitative estimate of drug-likeness (QED) is 0.684. The molecule has 0 radical (unpaired) electrons. The molecule has 0 aliphatic rings. The van der Waals surface area contributed by atoms with Crippen LogP contribution in [0.4, 0.5) is 0 Å². The molecule has 1 rings (SSSR count). The van der Waals surface area contributed by atoms with E-state index in [0.717, 1.165) is 0 Å². The number of hydrogen-bond acceptors (Lipinski definition) is 5. The number of benzene rings is 1. The maximum Gasteiger partial charge on any atom is 0.258 e. The first-order valence-corrected chi connectivity index (χ1v) is 8.65. The first kappa shape index (κ1) is 19.4. The summed E-state index contributed by atoms with van der Waals surface area (Å²) >= 11 is 0. The standard InChI is InChI=1S/C15H24N2O5S/c1-15(2,3)17-23(19,20)13-7-5-12(6-8-13)22-11-14(18)16-9-10-21-4/h5-8,17H,9-11H2,1-4H3,(H,16,18). The third-order valence-corrected chi connectivity index (χ3v) is 4.35. The van der Waals surface area contributed by atoms with Crippen LogP contribution in [0, 0.1) is 0 Å². The van der Waals surface area contributed by atoms with Gasteiger partial charge >= 0.3 is 0 Å². The fourth-order valence-corrected chi connectivity index (χ4v) is 3.09. The van der Waals surface area contributed by atoms with Crippen molar-refractivity contribution in [2.45, 2.75) is 31.2 Å². The number of amides is 1. The molecule has 0 unspecified atom stereocenters. The van der Waals surface area contributed by atoms with Gasteiger partial charge < -0.3 is 14.8 Å². The number of carbonyl (C=O) groups is 1. The third-order valence-electron chi connectivity index (χ3n) is 2.57. The molecule has 1 amide bonds. The predicted molar refractivity (Wildman–Crippen MR) is 86.9 cm³/mol. The van der Waals surface area contributed by atoms with Gasteiger partial charge in [-0.3, -0.25) is 4.79 Å². The Hall–Kier alpha value is -1.64. The van der Waals surface area contributed by atoms with Crippen LogP contribution < -0.4 is 14.8 Å². The molecule has 0 aliphatic heterocycles. The molecule has 0 fully saturated rings.